The Hall–Kier alpha value is -2.00. The van der Waals surface area contributed by atoms with Gasteiger partial charge in [0, 0.05) is 46.3 Å². The van der Waals surface area contributed by atoms with Crippen molar-refractivity contribution >= 4 is 29.9 Å². The van der Waals surface area contributed by atoms with Gasteiger partial charge in [0.15, 0.2) is 17.5 Å². The van der Waals surface area contributed by atoms with E-state index in [2.05, 4.69) is 62.6 Å². The molecular formula is C23H31IN4O2. The first kappa shape index (κ1) is 22.7. The molecule has 0 saturated carbocycles. The largest absolute Gasteiger partial charge is 0.486 e. The van der Waals surface area contributed by atoms with E-state index in [0.29, 0.717) is 13.2 Å². The molecule has 6 nitrogen and oxygen atoms in total. The second kappa shape index (κ2) is 11.4. The molecule has 2 aliphatic heterocycles. The molecule has 2 aromatic carbocycles. The third-order valence-electron chi connectivity index (χ3n) is 5.44. The average Bonchev–Trinajstić information content (AvgIpc) is 2.78. The zero-order valence-electron chi connectivity index (χ0n) is 17.5. The highest BCUT2D eigenvalue weighted by atomic mass is 127. The predicted molar refractivity (Wildman–Crippen MR) is 131 cm³/mol. The van der Waals surface area contributed by atoms with E-state index in [1.165, 1.54) is 11.1 Å². The third-order valence-corrected chi connectivity index (χ3v) is 5.44. The maximum atomic E-state index is 5.68. The maximum Gasteiger partial charge on any atom is 0.193 e. The van der Waals surface area contributed by atoms with Crippen LogP contribution in [0.25, 0.3) is 0 Å². The number of fused-ring (bicyclic) bond motifs is 1. The van der Waals surface area contributed by atoms with E-state index in [1.54, 1.807) is 0 Å². The van der Waals surface area contributed by atoms with Crippen LogP contribution < -0.4 is 14.8 Å². The zero-order valence-corrected chi connectivity index (χ0v) is 19.9. The second-order valence-corrected chi connectivity index (χ2v) is 7.45. The van der Waals surface area contributed by atoms with Crippen molar-refractivity contribution < 1.29 is 9.47 Å². The summed E-state index contributed by atoms with van der Waals surface area (Å²) < 4.78 is 11.3. The molecule has 0 atom stereocenters. The van der Waals surface area contributed by atoms with Gasteiger partial charge < -0.3 is 19.7 Å². The summed E-state index contributed by atoms with van der Waals surface area (Å²) in [5.41, 5.74) is 2.62. The molecule has 0 aromatic heterocycles. The molecule has 4 rings (SSSR count). The van der Waals surface area contributed by atoms with Crippen molar-refractivity contribution in [3.05, 3.63) is 59.7 Å². The Morgan fingerprint density at radius 3 is 2.40 bits per heavy atom. The topological polar surface area (TPSA) is 49.3 Å². The fourth-order valence-corrected chi connectivity index (χ4v) is 3.85. The molecule has 0 aliphatic carbocycles. The molecule has 30 heavy (non-hydrogen) atoms. The molecule has 1 saturated heterocycles. The second-order valence-electron chi connectivity index (χ2n) is 7.45. The zero-order chi connectivity index (χ0) is 19.9. The number of ether oxygens (including phenoxy) is 2. The monoisotopic (exact) mass is 522 g/mol. The standard InChI is InChI=1S/C23H30N4O2.HI/c1-24-23(25-10-9-19-7-8-21-22(17-19)29-16-15-28-21)27-13-11-26(12-14-27)18-20-5-3-2-4-6-20;/h2-8,17H,9-16,18H2,1H3,(H,24,25);1H. The van der Waals surface area contributed by atoms with Gasteiger partial charge in [0.25, 0.3) is 0 Å². The normalized spacial score (nSPS) is 16.7. The van der Waals surface area contributed by atoms with Crippen LogP contribution in [0.5, 0.6) is 11.5 Å². The molecule has 2 aliphatic rings. The van der Waals surface area contributed by atoms with Crippen LogP contribution in [0, 0.1) is 0 Å². The molecule has 1 fully saturated rings. The van der Waals surface area contributed by atoms with Gasteiger partial charge in [-0.1, -0.05) is 36.4 Å². The summed E-state index contributed by atoms with van der Waals surface area (Å²) in [6.45, 7) is 7.21. The molecule has 0 bridgehead atoms. The van der Waals surface area contributed by atoms with Gasteiger partial charge in [-0.15, -0.1) is 24.0 Å². The summed E-state index contributed by atoms with van der Waals surface area (Å²) >= 11 is 0. The Bertz CT molecular complexity index is 823. The quantitative estimate of drug-likeness (QED) is 0.372. The number of hydrogen-bond donors (Lipinski definition) is 1. The lowest BCUT2D eigenvalue weighted by atomic mass is 10.1. The third kappa shape index (κ3) is 6.01. The minimum atomic E-state index is 0. The number of aliphatic imine (C=N–C) groups is 1. The molecule has 0 spiro atoms. The van der Waals surface area contributed by atoms with E-state index in [-0.39, 0.29) is 24.0 Å². The van der Waals surface area contributed by atoms with Crippen molar-refractivity contribution in [1.29, 1.82) is 0 Å². The molecular weight excluding hydrogens is 491 g/mol. The molecule has 0 unspecified atom stereocenters. The van der Waals surface area contributed by atoms with Crippen molar-refractivity contribution in [3.63, 3.8) is 0 Å². The minimum absolute atomic E-state index is 0. The molecule has 0 radical (unpaired) electrons. The van der Waals surface area contributed by atoms with Gasteiger partial charge in [0.2, 0.25) is 0 Å². The first-order valence-corrected chi connectivity index (χ1v) is 10.4. The van der Waals surface area contributed by atoms with Crippen LogP contribution in [0.2, 0.25) is 0 Å². The van der Waals surface area contributed by atoms with E-state index >= 15 is 0 Å². The van der Waals surface area contributed by atoms with Crippen molar-refractivity contribution in [2.45, 2.75) is 13.0 Å². The Labute approximate surface area is 196 Å². The van der Waals surface area contributed by atoms with Gasteiger partial charge in [0.05, 0.1) is 0 Å². The van der Waals surface area contributed by atoms with Crippen LogP contribution in [0.1, 0.15) is 11.1 Å². The van der Waals surface area contributed by atoms with Gasteiger partial charge in [-0.25, -0.2) is 0 Å². The first-order valence-electron chi connectivity index (χ1n) is 10.4. The van der Waals surface area contributed by atoms with Gasteiger partial charge >= 0.3 is 0 Å². The number of nitrogens with zero attached hydrogens (tertiary/aromatic N) is 3. The Morgan fingerprint density at radius 1 is 0.933 bits per heavy atom. The molecule has 7 heteroatoms. The lowest BCUT2D eigenvalue weighted by Gasteiger charge is -2.36. The highest BCUT2D eigenvalue weighted by Crippen LogP contribution is 2.30. The SMILES string of the molecule is CN=C(NCCc1ccc2c(c1)OCCO2)N1CCN(Cc2ccccc2)CC1.I. The van der Waals surface area contributed by atoms with E-state index in [9.17, 15) is 0 Å². The van der Waals surface area contributed by atoms with Crippen molar-refractivity contribution in [3.8, 4) is 11.5 Å². The summed E-state index contributed by atoms with van der Waals surface area (Å²) in [6.07, 6.45) is 0.920. The van der Waals surface area contributed by atoms with E-state index in [0.717, 1.165) is 63.1 Å². The van der Waals surface area contributed by atoms with Crippen LogP contribution in [0.4, 0.5) is 0 Å². The number of hydrogen-bond acceptors (Lipinski definition) is 4. The van der Waals surface area contributed by atoms with Gasteiger partial charge in [0.1, 0.15) is 13.2 Å². The Kier molecular flexibility index (Phi) is 8.62. The van der Waals surface area contributed by atoms with Gasteiger partial charge in [-0.05, 0) is 29.7 Å². The van der Waals surface area contributed by atoms with Crippen LogP contribution >= 0.6 is 24.0 Å². The number of benzene rings is 2. The number of piperazine rings is 1. The van der Waals surface area contributed by atoms with Gasteiger partial charge in [-0.2, -0.15) is 0 Å². The van der Waals surface area contributed by atoms with Crippen molar-refractivity contribution in [1.82, 2.24) is 15.1 Å². The van der Waals surface area contributed by atoms with Gasteiger partial charge in [-0.3, -0.25) is 9.89 Å². The molecule has 2 heterocycles. The average molecular weight is 522 g/mol. The smallest absolute Gasteiger partial charge is 0.193 e. The van der Waals surface area contributed by atoms with Crippen LogP contribution in [-0.2, 0) is 13.0 Å². The number of guanidine groups is 1. The molecule has 1 N–H and O–H groups in total. The summed E-state index contributed by atoms with van der Waals surface area (Å²) in [7, 11) is 1.86. The molecule has 2 aromatic rings. The van der Waals surface area contributed by atoms with E-state index in [1.807, 2.05) is 13.1 Å². The molecule has 162 valence electrons. The number of halogens is 1. The number of nitrogens with one attached hydrogen (secondary N) is 1. The van der Waals surface area contributed by atoms with Crippen LogP contribution in [0.15, 0.2) is 53.5 Å². The van der Waals surface area contributed by atoms with E-state index in [4.69, 9.17) is 9.47 Å². The minimum Gasteiger partial charge on any atom is -0.486 e. The summed E-state index contributed by atoms with van der Waals surface area (Å²) in [4.78, 5) is 9.35. The lowest BCUT2D eigenvalue weighted by Crippen LogP contribution is -2.52. The maximum absolute atomic E-state index is 5.68. The fourth-order valence-electron chi connectivity index (χ4n) is 3.85. The summed E-state index contributed by atoms with van der Waals surface area (Å²) in [6, 6.07) is 16.9. The van der Waals surface area contributed by atoms with Crippen LogP contribution in [0.3, 0.4) is 0 Å². The highest BCUT2D eigenvalue weighted by Gasteiger charge is 2.19. The fraction of sp³-hybridized carbons (Fsp3) is 0.435. The Balaban J connectivity index is 0.00000256. The Morgan fingerprint density at radius 2 is 1.67 bits per heavy atom. The summed E-state index contributed by atoms with van der Waals surface area (Å²) in [5, 5.41) is 3.52. The first-order chi connectivity index (χ1) is 14.3. The summed E-state index contributed by atoms with van der Waals surface area (Å²) in [5.74, 6) is 2.69. The lowest BCUT2D eigenvalue weighted by molar-refractivity contribution is 0.171. The predicted octanol–water partition coefficient (Wildman–Crippen LogP) is 3.01. The number of rotatable bonds is 5. The van der Waals surface area contributed by atoms with Crippen molar-refractivity contribution in [2.24, 2.45) is 4.99 Å². The van der Waals surface area contributed by atoms with Crippen LogP contribution in [-0.4, -0.2) is 68.7 Å². The van der Waals surface area contributed by atoms with E-state index < -0.39 is 0 Å². The van der Waals surface area contributed by atoms with Crippen molar-refractivity contribution in [2.75, 3.05) is 53.0 Å². The molecule has 0 amide bonds. The highest BCUT2D eigenvalue weighted by molar-refractivity contribution is 14.0.